The van der Waals surface area contributed by atoms with E-state index in [1.54, 1.807) is 6.07 Å². The van der Waals surface area contributed by atoms with Gasteiger partial charge in [0.15, 0.2) is 0 Å². The molecule has 2 rings (SSSR count). The Morgan fingerprint density at radius 1 is 1.42 bits per heavy atom. The van der Waals surface area contributed by atoms with Gasteiger partial charge in [-0.15, -0.1) is 11.6 Å². The smallest absolute Gasteiger partial charge is 0.0993 e. The highest BCUT2D eigenvalue weighted by molar-refractivity contribution is 6.34. The molecule has 2 unspecified atom stereocenters. The molecular weight excluding hydrogens is 195 g/mol. The second-order valence-electron chi connectivity index (χ2n) is 3.06. The lowest BCUT2D eigenvalue weighted by Gasteiger charge is -2.08. The van der Waals surface area contributed by atoms with Crippen LogP contribution in [0.2, 0.25) is 5.02 Å². The number of aliphatic hydroxyl groups is 1. The second kappa shape index (κ2) is 2.63. The number of rotatable bonds is 1. The van der Waals surface area contributed by atoms with Crippen molar-refractivity contribution < 1.29 is 5.11 Å². The van der Waals surface area contributed by atoms with Crippen molar-refractivity contribution in [1.29, 1.82) is 0 Å². The summed E-state index contributed by atoms with van der Waals surface area (Å²) >= 11 is 12.0. The zero-order valence-electron chi connectivity index (χ0n) is 6.30. The fourth-order valence-electron chi connectivity index (χ4n) is 1.31. The van der Waals surface area contributed by atoms with Crippen LogP contribution in [0.1, 0.15) is 12.0 Å². The van der Waals surface area contributed by atoms with Gasteiger partial charge in [-0.2, -0.15) is 0 Å². The van der Waals surface area contributed by atoms with Crippen molar-refractivity contribution >= 4 is 23.2 Å². The SMILES string of the molecule is OC1CC1(Cl)c1ccccc1Cl. The summed E-state index contributed by atoms with van der Waals surface area (Å²) in [7, 11) is 0. The molecule has 2 atom stereocenters. The number of aliphatic hydroxyl groups excluding tert-OH is 1. The zero-order valence-corrected chi connectivity index (χ0v) is 7.81. The van der Waals surface area contributed by atoms with Gasteiger partial charge in [0.05, 0.1) is 11.0 Å². The molecule has 1 aromatic carbocycles. The molecule has 1 aliphatic rings. The van der Waals surface area contributed by atoms with Gasteiger partial charge in [-0.1, -0.05) is 29.8 Å². The van der Waals surface area contributed by atoms with Crippen molar-refractivity contribution in [2.45, 2.75) is 17.4 Å². The van der Waals surface area contributed by atoms with Crippen LogP contribution in [0, 0.1) is 0 Å². The average molecular weight is 203 g/mol. The summed E-state index contributed by atoms with van der Waals surface area (Å²) in [5, 5.41) is 9.90. The van der Waals surface area contributed by atoms with Gasteiger partial charge in [-0.25, -0.2) is 0 Å². The number of benzene rings is 1. The molecule has 3 heteroatoms. The van der Waals surface area contributed by atoms with Crippen LogP contribution >= 0.6 is 23.2 Å². The van der Waals surface area contributed by atoms with E-state index in [-0.39, 0.29) is 0 Å². The minimum Gasteiger partial charge on any atom is -0.391 e. The summed E-state index contributed by atoms with van der Waals surface area (Å²) in [6.07, 6.45) is 0.150. The van der Waals surface area contributed by atoms with Crippen LogP contribution in [-0.4, -0.2) is 11.2 Å². The highest BCUT2D eigenvalue weighted by atomic mass is 35.5. The standard InChI is InChI=1S/C9H8Cl2O/c10-7-4-2-1-3-6(7)9(11)5-8(9)12/h1-4,8,12H,5H2. The van der Waals surface area contributed by atoms with Gasteiger partial charge in [0, 0.05) is 11.4 Å². The molecule has 0 bridgehead atoms. The Labute approximate surface area is 80.9 Å². The predicted molar refractivity (Wildman–Crippen MR) is 49.6 cm³/mol. The molecule has 1 fully saturated rings. The highest BCUT2D eigenvalue weighted by Gasteiger charge is 2.54. The van der Waals surface area contributed by atoms with Crippen LogP contribution in [0.3, 0.4) is 0 Å². The molecular formula is C9H8Cl2O. The van der Waals surface area contributed by atoms with Gasteiger partial charge >= 0.3 is 0 Å². The van der Waals surface area contributed by atoms with Crippen LogP contribution in [0.25, 0.3) is 0 Å². The number of hydrogen-bond acceptors (Lipinski definition) is 1. The average Bonchev–Trinajstić information content (AvgIpc) is 2.61. The zero-order chi connectivity index (χ0) is 8.77. The summed E-state index contributed by atoms with van der Waals surface area (Å²) < 4.78 is 0. The lowest BCUT2D eigenvalue weighted by atomic mass is 10.1. The number of alkyl halides is 1. The molecule has 1 aromatic rings. The first kappa shape index (κ1) is 8.36. The molecule has 0 aromatic heterocycles. The van der Waals surface area contributed by atoms with Gasteiger partial charge in [-0.05, 0) is 11.6 Å². The lowest BCUT2D eigenvalue weighted by molar-refractivity contribution is 0.265. The topological polar surface area (TPSA) is 20.2 Å². The largest absolute Gasteiger partial charge is 0.391 e. The van der Waals surface area contributed by atoms with Crippen LogP contribution < -0.4 is 0 Å². The van der Waals surface area contributed by atoms with Crippen molar-refractivity contribution in [2.75, 3.05) is 0 Å². The van der Waals surface area contributed by atoms with Gasteiger partial charge in [0.25, 0.3) is 0 Å². The first-order valence-electron chi connectivity index (χ1n) is 3.76. The third-order valence-corrected chi connectivity index (χ3v) is 3.12. The number of halogens is 2. The summed E-state index contributed by atoms with van der Waals surface area (Å²) in [4.78, 5) is -0.613. The molecule has 64 valence electrons. The minimum atomic E-state index is -0.613. The molecule has 0 spiro atoms. The molecule has 0 heterocycles. The van der Waals surface area contributed by atoms with Gasteiger partial charge in [-0.3, -0.25) is 0 Å². The minimum absolute atomic E-state index is 0.445. The van der Waals surface area contributed by atoms with E-state index in [2.05, 4.69) is 0 Å². The Balaban J connectivity index is 2.41. The second-order valence-corrected chi connectivity index (χ2v) is 4.14. The van der Waals surface area contributed by atoms with E-state index in [4.69, 9.17) is 23.2 Å². The first-order chi connectivity index (χ1) is 5.64. The fourth-order valence-corrected chi connectivity index (χ4v) is 1.97. The van der Waals surface area contributed by atoms with Crippen molar-refractivity contribution in [2.24, 2.45) is 0 Å². The molecule has 0 aliphatic heterocycles. The molecule has 1 saturated carbocycles. The number of hydrogen-bond donors (Lipinski definition) is 1. The molecule has 12 heavy (non-hydrogen) atoms. The normalized spacial score (nSPS) is 33.4. The van der Waals surface area contributed by atoms with Crippen molar-refractivity contribution in [1.82, 2.24) is 0 Å². The lowest BCUT2D eigenvalue weighted by Crippen LogP contribution is -2.03. The van der Waals surface area contributed by atoms with E-state index in [1.165, 1.54) is 0 Å². The highest BCUT2D eigenvalue weighted by Crippen LogP contribution is 2.53. The summed E-state index contributed by atoms with van der Waals surface area (Å²) in [5.41, 5.74) is 0.834. The van der Waals surface area contributed by atoms with E-state index < -0.39 is 11.0 Å². The molecule has 1 N–H and O–H groups in total. The quantitative estimate of drug-likeness (QED) is 0.695. The predicted octanol–water partition coefficient (Wildman–Crippen LogP) is 2.54. The van der Waals surface area contributed by atoms with Crippen LogP contribution in [0.4, 0.5) is 0 Å². The maximum absolute atomic E-state index is 9.27. The van der Waals surface area contributed by atoms with Gasteiger partial charge in [0.1, 0.15) is 0 Å². The Hall–Kier alpha value is -0.240. The van der Waals surface area contributed by atoms with E-state index >= 15 is 0 Å². The molecule has 0 saturated heterocycles. The van der Waals surface area contributed by atoms with Crippen LogP contribution in [0.5, 0.6) is 0 Å². The van der Waals surface area contributed by atoms with Crippen molar-refractivity contribution in [3.63, 3.8) is 0 Å². The molecule has 1 nitrogen and oxygen atoms in total. The van der Waals surface area contributed by atoms with E-state index in [0.717, 1.165) is 5.56 Å². The van der Waals surface area contributed by atoms with Crippen LogP contribution in [0.15, 0.2) is 24.3 Å². The Kier molecular flexibility index (Phi) is 1.83. The fraction of sp³-hybridized carbons (Fsp3) is 0.333. The molecule has 0 amide bonds. The van der Waals surface area contributed by atoms with E-state index in [9.17, 15) is 5.11 Å². The van der Waals surface area contributed by atoms with E-state index in [0.29, 0.717) is 11.4 Å². The first-order valence-corrected chi connectivity index (χ1v) is 4.52. The Morgan fingerprint density at radius 3 is 2.50 bits per heavy atom. The van der Waals surface area contributed by atoms with Gasteiger partial charge < -0.3 is 5.11 Å². The molecule has 0 radical (unpaired) electrons. The Bertz CT molecular complexity index is 313. The molecule has 1 aliphatic carbocycles. The maximum Gasteiger partial charge on any atom is 0.0993 e. The van der Waals surface area contributed by atoms with Crippen LogP contribution in [-0.2, 0) is 4.87 Å². The monoisotopic (exact) mass is 202 g/mol. The Morgan fingerprint density at radius 2 is 2.00 bits per heavy atom. The van der Waals surface area contributed by atoms with E-state index in [1.807, 2.05) is 18.2 Å². The summed E-state index contributed by atoms with van der Waals surface area (Å²) in [6.45, 7) is 0. The third kappa shape index (κ3) is 1.13. The summed E-state index contributed by atoms with van der Waals surface area (Å²) in [6, 6.07) is 7.36. The van der Waals surface area contributed by atoms with Crippen molar-refractivity contribution in [3.05, 3.63) is 34.9 Å². The maximum atomic E-state index is 9.27. The van der Waals surface area contributed by atoms with Gasteiger partial charge in [0.2, 0.25) is 0 Å². The van der Waals surface area contributed by atoms with Crippen molar-refractivity contribution in [3.8, 4) is 0 Å². The third-order valence-electron chi connectivity index (χ3n) is 2.18. The summed E-state index contributed by atoms with van der Waals surface area (Å²) in [5.74, 6) is 0.